The average molecular weight is 348 g/mol. The van der Waals surface area contributed by atoms with Crippen LogP contribution in [0.4, 0.5) is 0 Å². The molecule has 1 aromatic heterocycles. The molecule has 0 aliphatic rings. The Morgan fingerprint density at radius 1 is 1.12 bits per heavy atom. The van der Waals surface area contributed by atoms with Gasteiger partial charge in [0.05, 0.1) is 11.9 Å². The molecule has 5 heteroatoms. The monoisotopic (exact) mass is 348 g/mol. The molecule has 3 rings (SSSR count). The van der Waals surface area contributed by atoms with E-state index in [0.717, 1.165) is 18.5 Å². The summed E-state index contributed by atoms with van der Waals surface area (Å²) in [6, 6.07) is 16.4. The molecule has 0 radical (unpaired) electrons. The molecule has 0 bridgehead atoms. The van der Waals surface area contributed by atoms with Crippen LogP contribution in [0, 0.1) is 13.8 Å². The van der Waals surface area contributed by atoms with E-state index in [1.807, 2.05) is 43.3 Å². The molecule has 0 aliphatic heterocycles. The zero-order valence-corrected chi connectivity index (χ0v) is 15.4. The summed E-state index contributed by atoms with van der Waals surface area (Å²) in [7, 11) is 0. The third-order valence-corrected chi connectivity index (χ3v) is 4.57. The van der Waals surface area contributed by atoms with E-state index < -0.39 is 0 Å². The fourth-order valence-corrected chi connectivity index (χ4v) is 2.76. The topological polar surface area (TPSA) is 59.8 Å². The van der Waals surface area contributed by atoms with Gasteiger partial charge < -0.3 is 5.32 Å². The van der Waals surface area contributed by atoms with Crippen molar-refractivity contribution in [2.45, 2.75) is 39.7 Å². The molecule has 3 aromatic rings. The van der Waals surface area contributed by atoms with E-state index in [9.17, 15) is 4.79 Å². The molecule has 1 N–H and O–H groups in total. The summed E-state index contributed by atoms with van der Waals surface area (Å²) in [5, 5.41) is 11.1. The molecule has 2 aromatic carbocycles. The van der Waals surface area contributed by atoms with E-state index in [0.29, 0.717) is 5.69 Å². The van der Waals surface area contributed by atoms with Crippen LogP contribution >= 0.6 is 0 Å². The van der Waals surface area contributed by atoms with Crippen molar-refractivity contribution in [1.82, 2.24) is 20.3 Å². The second-order valence-corrected chi connectivity index (χ2v) is 6.72. The lowest BCUT2D eigenvalue weighted by Crippen LogP contribution is -2.33. The smallest absolute Gasteiger partial charge is 0.273 e. The Morgan fingerprint density at radius 3 is 2.62 bits per heavy atom. The second-order valence-electron chi connectivity index (χ2n) is 6.72. The Morgan fingerprint density at radius 2 is 1.88 bits per heavy atom. The van der Waals surface area contributed by atoms with Crippen molar-refractivity contribution in [3.8, 4) is 5.69 Å². The Kier molecular flexibility index (Phi) is 5.46. The number of carbonyl (C=O) groups excluding carboxylic acids is 1. The number of nitrogens with one attached hydrogen (secondary N) is 1. The first-order valence-electron chi connectivity index (χ1n) is 8.87. The normalized spacial score (nSPS) is 12.0. The van der Waals surface area contributed by atoms with Crippen LogP contribution in [0.1, 0.15) is 40.5 Å². The second kappa shape index (κ2) is 7.95. The van der Waals surface area contributed by atoms with Crippen molar-refractivity contribution in [1.29, 1.82) is 0 Å². The van der Waals surface area contributed by atoms with Gasteiger partial charge in [0.15, 0.2) is 5.69 Å². The third-order valence-electron chi connectivity index (χ3n) is 4.57. The fraction of sp³-hybridized carbons (Fsp3) is 0.286. The number of rotatable bonds is 6. The highest BCUT2D eigenvalue weighted by Gasteiger charge is 2.14. The van der Waals surface area contributed by atoms with Crippen LogP contribution in [0.2, 0.25) is 0 Å². The summed E-state index contributed by atoms with van der Waals surface area (Å²) in [5.41, 5.74) is 4.90. The highest BCUT2D eigenvalue weighted by Crippen LogP contribution is 2.13. The molecule has 0 saturated heterocycles. The molecule has 1 amide bonds. The van der Waals surface area contributed by atoms with Crippen LogP contribution < -0.4 is 5.32 Å². The first-order valence-corrected chi connectivity index (χ1v) is 8.87. The van der Waals surface area contributed by atoms with Crippen LogP contribution in [0.3, 0.4) is 0 Å². The van der Waals surface area contributed by atoms with Crippen LogP contribution in [0.25, 0.3) is 5.69 Å². The van der Waals surface area contributed by atoms with Crippen LogP contribution in [0.15, 0.2) is 54.7 Å². The molecule has 5 nitrogen and oxygen atoms in total. The van der Waals surface area contributed by atoms with Crippen molar-refractivity contribution in [2.75, 3.05) is 0 Å². The molecule has 0 aliphatic carbocycles. The number of hydrogen-bond donors (Lipinski definition) is 1. The molecule has 0 unspecified atom stereocenters. The Labute approximate surface area is 154 Å². The van der Waals surface area contributed by atoms with E-state index in [-0.39, 0.29) is 11.9 Å². The Bertz CT molecular complexity index is 886. The zero-order chi connectivity index (χ0) is 18.5. The van der Waals surface area contributed by atoms with Gasteiger partial charge in [0.25, 0.3) is 5.91 Å². The van der Waals surface area contributed by atoms with E-state index in [4.69, 9.17) is 0 Å². The van der Waals surface area contributed by atoms with Crippen LogP contribution in [-0.4, -0.2) is 26.9 Å². The fourth-order valence-electron chi connectivity index (χ4n) is 2.76. The predicted octanol–water partition coefficient (Wildman–Crippen LogP) is 3.64. The maximum atomic E-state index is 12.4. The van der Waals surface area contributed by atoms with Gasteiger partial charge in [-0.15, -0.1) is 5.10 Å². The zero-order valence-electron chi connectivity index (χ0n) is 15.4. The van der Waals surface area contributed by atoms with Gasteiger partial charge in [-0.25, -0.2) is 4.68 Å². The largest absolute Gasteiger partial charge is 0.348 e. The van der Waals surface area contributed by atoms with Crippen molar-refractivity contribution in [3.05, 3.63) is 77.1 Å². The number of aromatic nitrogens is 3. The minimum Gasteiger partial charge on any atom is -0.348 e. The maximum Gasteiger partial charge on any atom is 0.273 e. The van der Waals surface area contributed by atoms with Gasteiger partial charge in [-0.2, -0.15) is 0 Å². The van der Waals surface area contributed by atoms with Gasteiger partial charge in [-0.1, -0.05) is 41.6 Å². The number of benzene rings is 2. The Balaban J connectivity index is 1.59. The van der Waals surface area contributed by atoms with Crippen molar-refractivity contribution in [3.63, 3.8) is 0 Å². The molecule has 1 atom stereocenters. The van der Waals surface area contributed by atoms with E-state index in [1.165, 1.54) is 16.7 Å². The molecule has 0 fully saturated rings. The average Bonchev–Trinajstić information content (AvgIpc) is 3.13. The molecule has 1 heterocycles. The predicted molar refractivity (Wildman–Crippen MR) is 103 cm³/mol. The highest BCUT2D eigenvalue weighted by atomic mass is 16.2. The minimum atomic E-state index is -0.194. The van der Waals surface area contributed by atoms with Crippen molar-refractivity contribution in [2.24, 2.45) is 0 Å². The number of nitrogens with zero attached hydrogens (tertiary/aromatic N) is 3. The lowest BCUT2D eigenvalue weighted by Gasteiger charge is -2.12. The summed E-state index contributed by atoms with van der Waals surface area (Å²) in [6.07, 6.45) is 3.47. The van der Waals surface area contributed by atoms with Gasteiger partial charge in [-0.05, 0) is 62.4 Å². The summed E-state index contributed by atoms with van der Waals surface area (Å²) in [5.74, 6) is -0.194. The van der Waals surface area contributed by atoms with Gasteiger partial charge in [-0.3, -0.25) is 4.79 Å². The number of aryl methyl sites for hydroxylation is 3. The van der Waals surface area contributed by atoms with Crippen LogP contribution in [-0.2, 0) is 6.42 Å². The van der Waals surface area contributed by atoms with Crippen molar-refractivity contribution < 1.29 is 4.79 Å². The summed E-state index contributed by atoms with van der Waals surface area (Å²) < 4.78 is 1.63. The van der Waals surface area contributed by atoms with Gasteiger partial charge >= 0.3 is 0 Å². The van der Waals surface area contributed by atoms with Crippen LogP contribution in [0.5, 0.6) is 0 Å². The van der Waals surface area contributed by atoms with Gasteiger partial charge in [0, 0.05) is 6.04 Å². The molecule has 134 valence electrons. The number of hydrogen-bond acceptors (Lipinski definition) is 3. The number of amides is 1. The first kappa shape index (κ1) is 17.9. The summed E-state index contributed by atoms with van der Waals surface area (Å²) >= 11 is 0. The Hall–Kier alpha value is -2.95. The van der Waals surface area contributed by atoms with E-state index >= 15 is 0 Å². The van der Waals surface area contributed by atoms with E-state index in [1.54, 1.807) is 10.9 Å². The third kappa shape index (κ3) is 4.36. The standard InChI is InChI=1S/C21H24N4O/c1-15-9-12-19(13-16(15)2)25-14-20(23-24-25)21(26)22-17(3)10-11-18-7-5-4-6-8-18/h4-9,12-14,17H,10-11H2,1-3H3,(H,22,26)/t17-/m1/s1. The minimum absolute atomic E-state index is 0.0643. The van der Waals surface area contributed by atoms with Crippen molar-refractivity contribution >= 4 is 5.91 Å². The summed E-state index contributed by atoms with van der Waals surface area (Å²) in [6.45, 7) is 6.13. The molecular weight excluding hydrogens is 324 g/mol. The lowest BCUT2D eigenvalue weighted by atomic mass is 10.1. The van der Waals surface area contributed by atoms with Gasteiger partial charge in [0.1, 0.15) is 0 Å². The quantitative estimate of drug-likeness (QED) is 0.740. The SMILES string of the molecule is Cc1ccc(-n2cc(C(=O)N[C@H](C)CCc3ccccc3)nn2)cc1C. The molecule has 26 heavy (non-hydrogen) atoms. The van der Waals surface area contributed by atoms with E-state index in [2.05, 4.69) is 41.6 Å². The highest BCUT2D eigenvalue weighted by molar-refractivity contribution is 5.92. The molecule has 0 saturated carbocycles. The molecule has 0 spiro atoms. The summed E-state index contributed by atoms with van der Waals surface area (Å²) in [4.78, 5) is 12.4. The van der Waals surface area contributed by atoms with Gasteiger partial charge in [0.2, 0.25) is 0 Å². The maximum absolute atomic E-state index is 12.4. The first-order chi connectivity index (χ1) is 12.5. The number of carbonyl (C=O) groups is 1. The lowest BCUT2D eigenvalue weighted by molar-refractivity contribution is 0.0933. The molecular formula is C21H24N4O.